The number of rotatable bonds is 3. The van der Waals surface area contributed by atoms with Gasteiger partial charge in [-0.15, -0.1) is 0 Å². The van der Waals surface area contributed by atoms with Crippen LogP contribution in [0.2, 0.25) is 5.02 Å². The van der Waals surface area contributed by atoms with E-state index in [1.807, 2.05) is 6.07 Å². The van der Waals surface area contributed by atoms with Crippen molar-refractivity contribution < 1.29 is 9.90 Å². The fourth-order valence-corrected chi connectivity index (χ4v) is 1.66. The second kappa shape index (κ2) is 5.51. The van der Waals surface area contributed by atoms with Crippen molar-refractivity contribution in [1.82, 2.24) is 4.98 Å². The van der Waals surface area contributed by atoms with Crippen molar-refractivity contribution in [2.45, 2.75) is 6.42 Å². The molecule has 0 radical (unpaired) electrons. The molecule has 0 saturated carbocycles. The minimum absolute atomic E-state index is 0.0537. The number of halogens is 1. The maximum atomic E-state index is 11.7. The number of hydrogen-bond donors (Lipinski definition) is 2. The lowest BCUT2D eigenvalue weighted by Gasteiger charge is -2.07. The van der Waals surface area contributed by atoms with Gasteiger partial charge in [0.1, 0.15) is 5.75 Å². The van der Waals surface area contributed by atoms with Crippen LogP contribution in [0.5, 0.6) is 5.75 Å². The summed E-state index contributed by atoms with van der Waals surface area (Å²) in [5, 5.41) is 12.6. The summed E-state index contributed by atoms with van der Waals surface area (Å²) in [5.74, 6) is -0.275. The molecule has 1 amide bonds. The topological polar surface area (TPSA) is 62.2 Å². The van der Waals surface area contributed by atoms with E-state index in [0.29, 0.717) is 10.7 Å². The molecule has 4 nitrogen and oxygen atoms in total. The number of anilines is 1. The monoisotopic (exact) mass is 262 g/mol. The molecule has 5 heteroatoms. The van der Waals surface area contributed by atoms with Gasteiger partial charge in [0.2, 0.25) is 5.91 Å². The highest BCUT2D eigenvalue weighted by Crippen LogP contribution is 2.26. The number of aromatic nitrogens is 1. The van der Waals surface area contributed by atoms with Gasteiger partial charge in [-0.2, -0.15) is 0 Å². The van der Waals surface area contributed by atoms with Gasteiger partial charge < -0.3 is 10.4 Å². The molecule has 2 rings (SSSR count). The van der Waals surface area contributed by atoms with E-state index in [4.69, 9.17) is 11.6 Å². The van der Waals surface area contributed by atoms with E-state index in [1.54, 1.807) is 30.6 Å². The molecule has 0 aliphatic heterocycles. The van der Waals surface area contributed by atoms with Gasteiger partial charge in [0.25, 0.3) is 0 Å². The molecule has 0 fully saturated rings. The number of benzene rings is 1. The van der Waals surface area contributed by atoms with Crippen molar-refractivity contribution in [2.75, 3.05) is 5.32 Å². The second-order valence-electron chi connectivity index (χ2n) is 3.75. The molecule has 1 heterocycles. The Bertz CT molecular complexity index is 558. The highest BCUT2D eigenvalue weighted by Gasteiger charge is 2.07. The van der Waals surface area contributed by atoms with Gasteiger partial charge in [-0.3, -0.25) is 9.78 Å². The minimum Gasteiger partial charge on any atom is -0.506 e. The Hall–Kier alpha value is -2.07. The van der Waals surface area contributed by atoms with Crippen LogP contribution in [0, 0.1) is 0 Å². The van der Waals surface area contributed by atoms with Gasteiger partial charge in [0.05, 0.1) is 12.1 Å². The van der Waals surface area contributed by atoms with Crippen LogP contribution in [0.25, 0.3) is 0 Å². The molecule has 0 spiro atoms. The highest BCUT2D eigenvalue weighted by molar-refractivity contribution is 6.30. The van der Waals surface area contributed by atoms with Crippen LogP contribution >= 0.6 is 11.6 Å². The molecule has 1 aromatic heterocycles. The van der Waals surface area contributed by atoms with E-state index < -0.39 is 0 Å². The van der Waals surface area contributed by atoms with Gasteiger partial charge in [-0.1, -0.05) is 17.7 Å². The Morgan fingerprint density at radius 1 is 1.39 bits per heavy atom. The Balaban J connectivity index is 2.03. The average Bonchev–Trinajstić information content (AvgIpc) is 2.34. The summed E-state index contributed by atoms with van der Waals surface area (Å²) in [6, 6.07) is 8.11. The summed E-state index contributed by atoms with van der Waals surface area (Å²) in [6.07, 6.45) is 3.48. The van der Waals surface area contributed by atoms with Gasteiger partial charge >= 0.3 is 0 Å². The van der Waals surface area contributed by atoms with Crippen LogP contribution < -0.4 is 5.32 Å². The number of nitrogens with zero attached hydrogens (tertiary/aromatic N) is 1. The first-order valence-electron chi connectivity index (χ1n) is 5.32. The molecule has 0 saturated heterocycles. The second-order valence-corrected chi connectivity index (χ2v) is 4.18. The van der Waals surface area contributed by atoms with Crippen molar-refractivity contribution in [2.24, 2.45) is 0 Å². The number of amides is 1. The zero-order valence-electron chi connectivity index (χ0n) is 9.43. The Labute approximate surface area is 109 Å². The van der Waals surface area contributed by atoms with Crippen LogP contribution in [-0.2, 0) is 11.2 Å². The maximum absolute atomic E-state index is 11.7. The first kappa shape index (κ1) is 12.4. The maximum Gasteiger partial charge on any atom is 0.228 e. The summed E-state index contributed by atoms with van der Waals surface area (Å²) in [7, 11) is 0. The van der Waals surface area contributed by atoms with E-state index in [9.17, 15) is 9.90 Å². The number of pyridine rings is 1. The van der Waals surface area contributed by atoms with Crippen molar-refractivity contribution in [1.29, 1.82) is 0 Å². The van der Waals surface area contributed by atoms with E-state index >= 15 is 0 Å². The predicted octanol–water partition coefficient (Wildman–Crippen LogP) is 2.62. The number of carbonyl (C=O) groups is 1. The third-order valence-corrected chi connectivity index (χ3v) is 2.56. The van der Waals surface area contributed by atoms with Gasteiger partial charge in [-0.25, -0.2) is 0 Å². The van der Waals surface area contributed by atoms with Gasteiger partial charge in [0, 0.05) is 23.5 Å². The van der Waals surface area contributed by atoms with Crippen LogP contribution in [0.1, 0.15) is 5.56 Å². The summed E-state index contributed by atoms with van der Waals surface area (Å²) in [4.78, 5) is 15.7. The number of hydrogen-bond acceptors (Lipinski definition) is 3. The third kappa shape index (κ3) is 3.21. The molecular formula is C13H11ClN2O2. The van der Waals surface area contributed by atoms with Crippen molar-refractivity contribution >= 4 is 23.2 Å². The fraction of sp³-hybridized carbons (Fsp3) is 0.0769. The molecule has 0 aliphatic rings. The zero-order valence-corrected chi connectivity index (χ0v) is 10.2. The van der Waals surface area contributed by atoms with Crippen LogP contribution in [0.15, 0.2) is 42.7 Å². The van der Waals surface area contributed by atoms with Crippen molar-refractivity contribution in [3.63, 3.8) is 0 Å². The summed E-state index contributed by atoms with van der Waals surface area (Å²) >= 11 is 5.70. The molecule has 1 aromatic carbocycles. The third-order valence-electron chi connectivity index (χ3n) is 2.32. The number of aromatic hydroxyl groups is 1. The van der Waals surface area contributed by atoms with E-state index in [-0.39, 0.29) is 18.1 Å². The number of nitrogens with one attached hydrogen (secondary N) is 1. The average molecular weight is 263 g/mol. The summed E-state index contributed by atoms with van der Waals surface area (Å²) < 4.78 is 0. The Morgan fingerprint density at radius 2 is 2.22 bits per heavy atom. The highest BCUT2D eigenvalue weighted by atomic mass is 35.5. The van der Waals surface area contributed by atoms with Crippen molar-refractivity contribution in [3.8, 4) is 5.75 Å². The molecule has 18 heavy (non-hydrogen) atoms. The lowest BCUT2D eigenvalue weighted by molar-refractivity contribution is -0.115. The van der Waals surface area contributed by atoms with Crippen molar-refractivity contribution in [3.05, 3.63) is 53.3 Å². The lowest BCUT2D eigenvalue weighted by atomic mass is 10.2. The van der Waals surface area contributed by atoms with E-state index in [1.165, 1.54) is 6.07 Å². The summed E-state index contributed by atoms with van der Waals surface area (Å²) in [6.45, 7) is 0. The summed E-state index contributed by atoms with van der Waals surface area (Å²) in [5.41, 5.74) is 1.15. The number of carbonyl (C=O) groups excluding carboxylic acids is 1. The molecular weight excluding hydrogens is 252 g/mol. The quantitative estimate of drug-likeness (QED) is 0.836. The molecule has 0 bridgehead atoms. The fourth-order valence-electron chi connectivity index (χ4n) is 1.49. The van der Waals surface area contributed by atoms with Crippen LogP contribution in [-0.4, -0.2) is 16.0 Å². The SMILES string of the molecule is O=C(Cc1cccnc1)Nc1ccc(Cl)cc1O. The van der Waals surface area contributed by atoms with Crippen LogP contribution in [0.4, 0.5) is 5.69 Å². The number of phenolic OH excluding ortho intramolecular Hbond substituents is 1. The molecule has 2 aromatic rings. The molecule has 0 unspecified atom stereocenters. The van der Waals surface area contributed by atoms with E-state index in [0.717, 1.165) is 5.56 Å². The molecule has 0 atom stereocenters. The predicted molar refractivity (Wildman–Crippen MR) is 69.7 cm³/mol. The van der Waals surface area contributed by atoms with Crippen LogP contribution in [0.3, 0.4) is 0 Å². The normalized spacial score (nSPS) is 10.1. The number of phenols is 1. The lowest BCUT2D eigenvalue weighted by Crippen LogP contribution is -2.14. The van der Waals surface area contributed by atoms with Gasteiger partial charge in [0.15, 0.2) is 0 Å². The standard InChI is InChI=1S/C13H11ClN2O2/c14-10-3-4-11(12(17)7-10)16-13(18)6-9-2-1-5-15-8-9/h1-5,7-8,17H,6H2,(H,16,18). The van der Waals surface area contributed by atoms with Gasteiger partial charge in [-0.05, 0) is 23.8 Å². The molecule has 2 N–H and O–H groups in total. The largest absolute Gasteiger partial charge is 0.506 e. The zero-order chi connectivity index (χ0) is 13.0. The first-order valence-corrected chi connectivity index (χ1v) is 5.70. The molecule has 0 aliphatic carbocycles. The Kier molecular flexibility index (Phi) is 3.79. The Morgan fingerprint density at radius 3 is 2.89 bits per heavy atom. The molecule has 92 valence electrons. The first-order chi connectivity index (χ1) is 8.65. The minimum atomic E-state index is -0.222. The van der Waals surface area contributed by atoms with E-state index in [2.05, 4.69) is 10.3 Å². The smallest absolute Gasteiger partial charge is 0.228 e.